The number of allylic oxidation sites excluding steroid dienone is 1. The lowest BCUT2D eigenvalue weighted by Gasteiger charge is -2.07. The Kier molecular flexibility index (Phi) is 4.11. The molecule has 16 heavy (non-hydrogen) atoms. The predicted octanol–water partition coefficient (Wildman–Crippen LogP) is 2.27. The molecule has 0 saturated heterocycles. The number of benzene rings is 1. The number of nitrogens with two attached hydrogens (primary N) is 1. The van der Waals surface area contributed by atoms with Gasteiger partial charge in [-0.15, -0.1) is 0 Å². The first-order valence-electron chi connectivity index (χ1n) is 5.29. The first-order valence-corrected chi connectivity index (χ1v) is 5.29. The zero-order chi connectivity index (χ0) is 12.1. The van der Waals surface area contributed by atoms with Crippen molar-refractivity contribution < 1.29 is 4.79 Å². The minimum Gasteiger partial charge on any atom is -0.398 e. The Labute approximate surface area is 96.3 Å². The summed E-state index contributed by atoms with van der Waals surface area (Å²) < 4.78 is 0. The molecule has 0 atom stereocenters. The summed E-state index contributed by atoms with van der Waals surface area (Å²) in [6, 6.07) is 5.46. The van der Waals surface area contributed by atoms with E-state index in [1.807, 2.05) is 39.0 Å². The molecule has 3 nitrogen and oxygen atoms in total. The fourth-order valence-corrected chi connectivity index (χ4v) is 1.32. The highest BCUT2D eigenvalue weighted by atomic mass is 16.1. The summed E-state index contributed by atoms with van der Waals surface area (Å²) in [6.45, 7) is 6.41. The summed E-state index contributed by atoms with van der Waals surface area (Å²) in [6.07, 6.45) is 1.96. The van der Waals surface area contributed by atoms with Crippen molar-refractivity contribution in [2.24, 2.45) is 0 Å². The van der Waals surface area contributed by atoms with Gasteiger partial charge in [0.2, 0.25) is 0 Å². The topological polar surface area (TPSA) is 55.1 Å². The van der Waals surface area contributed by atoms with Gasteiger partial charge in [0, 0.05) is 12.2 Å². The standard InChI is InChI=1S/C13H18N2O/c1-9(2)7-8-15-13(16)11-6-4-5-10(3)12(11)14/h4-7H,8,14H2,1-3H3,(H,15,16). The number of nitrogens with one attached hydrogen (secondary N) is 1. The normalized spacial score (nSPS) is 9.69. The summed E-state index contributed by atoms with van der Waals surface area (Å²) in [7, 11) is 0. The van der Waals surface area contributed by atoms with E-state index in [1.165, 1.54) is 5.57 Å². The van der Waals surface area contributed by atoms with Gasteiger partial charge in [0.15, 0.2) is 0 Å². The monoisotopic (exact) mass is 218 g/mol. The van der Waals surface area contributed by atoms with Gasteiger partial charge in [0.25, 0.3) is 5.91 Å². The third kappa shape index (κ3) is 3.12. The lowest BCUT2D eigenvalue weighted by atomic mass is 10.1. The molecule has 3 N–H and O–H groups in total. The number of anilines is 1. The van der Waals surface area contributed by atoms with Crippen molar-refractivity contribution in [2.75, 3.05) is 12.3 Å². The maximum absolute atomic E-state index is 11.8. The van der Waals surface area contributed by atoms with Gasteiger partial charge >= 0.3 is 0 Å². The minimum atomic E-state index is -0.126. The van der Waals surface area contributed by atoms with Crippen LogP contribution in [0, 0.1) is 6.92 Å². The highest BCUT2D eigenvalue weighted by Crippen LogP contribution is 2.15. The SMILES string of the molecule is CC(C)=CCNC(=O)c1cccc(C)c1N. The molecule has 0 spiro atoms. The molecule has 0 aliphatic rings. The molecule has 1 rings (SSSR count). The number of para-hydroxylation sites is 1. The van der Waals surface area contributed by atoms with E-state index < -0.39 is 0 Å². The third-order valence-electron chi connectivity index (χ3n) is 2.34. The molecule has 0 bridgehead atoms. The molecule has 0 aliphatic heterocycles. The number of amides is 1. The first-order chi connectivity index (χ1) is 7.52. The van der Waals surface area contributed by atoms with Gasteiger partial charge in [-0.3, -0.25) is 4.79 Å². The van der Waals surface area contributed by atoms with E-state index in [0.29, 0.717) is 17.8 Å². The van der Waals surface area contributed by atoms with Crippen LogP contribution in [0.1, 0.15) is 29.8 Å². The Balaban J connectivity index is 2.74. The van der Waals surface area contributed by atoms with Crippen LogP contribution in [0.2, 0.25) is 0 Å². The van der Waals surface area contributed by atoms with Crippen LogP contribution in [0.5, 0.6) is 0 Å². The van der Waals surface area contributed by atoms with Crippen LogP contribution in [-0.4, -0.2) is 12.5 Å². The number of aryl methyl sites for hydroxylation is 1. The highest BCUT2D eigenvalue weighted by molar-refractivity contribution is 5.99. The number of rotatable bonds is 3. The number of carbonyl (C=O) groups is 1. The van der Waals surface area contributed by atoms with Crippen molar-refractivity contribution in [2.45, 2.75) is 20.8 Å². The largest absolute Gasteiger partial charge is 0.398 e. The summed E-state index contributed by atoms with van der Waals surface area (Å²) in [5, 5.41) is 2.80. The van der Waals surface area contributed by atoms with Crippen LogP contribution in [0.3, 0.4) is 0 Å². The number of hydrogen-bond donors (Lipinski definition) is 2. The lowest BCUT2D eigenvalue weighted by Crippen LogP contribution is -2.24. The van der Waals surface area contributed by atoms with Crippen LogP contribution in [0.4, 0.5) is 5.69 Å². The van der Waals surface area contributed by atoms with Crippen molar-refractivity contribution in [3.63, 3.8) is 0 Å². The maximum Gasteiger partial charge on any atom is 0.253 e. The average molecular weight is 218 g/mol. The van der Waals surface area contributed by atoms with E-state index in [4.69, 9.17) is 5.73 Å². The molecule has 0 heterocycles. The maximum atomic E-state index is 11.8. The molecule has 0 fully saturated rings. The molecule has 3 heteroatoms. The predicted molar refractivity (Wildman–Crippen MR) is 67.4 cm³/mol. The van der Waals surface area contributed by atoms with Crippen molar-refractivity contribution in [1.29, 1.82) is 0 Å². The van der Waals surface area contributed by atoms with Gasteiger partial charge in [0.1, 0.15) is 0 Å². The van der Waals surface area contributed by atoms with Crippen LogP contribution >= 0.6 is 0 Å². The molecule has 1 aromatic carbocycles. The van der Waals surface area contributed by atoms with Crippen LogP contribution in [-0.2, 0) is 0 Å². The van der Waals surface area contributed by atoms with Gasteiger partial charge in [-0.05, 0) is 32.4 Å². The van der Waals surface area contributed by atoms with Crippen LogP contribution in [0.15, 0.2) is 29.8 Å². The van der Waals surface area contributed by atoms with Gasteiger partial charge in [-0.25, -0.2) is 0 Å². The van der Waals surface area contributed by atoms with Crippen LogP contribution < -0.4 is 11.1 Å². The second kappa shape index (κ2) is 5.35. The number of nitrogen functional groups attached to an aromatic ring is 1. The molecule has 0 aliphatic carbocycles. The van der Waals surface area contributed by atoms with Crippen molar-refractivity contribution in [3.05, 3.63) is 41.0 Å². The Bertz CT molecular complexity index is 418. The molecule has 0 unspecified atom stereocenters. The van der Waals surface area contributed by atoms with E-state index in [-0.39, 0.29) is 5.91 Å². The molecule has 1 amide bonds. The fraction of sp³-hybridized carbons (Fsp3) is 0.308. The molecule has 1 aromatic rings. The van der Waals surface area contributed by atoms with E-state index >= 15 is 0 Å². The molecular weight excluding hydrogens is 200 g/mol. The Morgan fingerprint density at radius 3 is 2.75 bits per heavy atom. The Morgan fingerprint density at radius 1 is 1.44 bits per heavy atom. The van der Waals surface area contributed by atoms with Crippen molar-refractivity contribution >= 4 is 11.6 Å². The molecule has 0 saturated carbocycles. The van der Waals surface area contributed by atoms with Gasteiger partial charge in [0.05, 0.1) is 5.56 Å². The zero-order valence-electron chi connectivity index (χ0n) is 10.0. The van der Waals surface area contributed by atoms with Crippen molar-refractivity contribution in [1.82, 2.24) is 5.32 Å². The molecule has 86 valence electrons. The zero-order valence-corrected chi connectivity index (χ0v) is 10.0. The quantitative estimate of drug-likeness (QED) is 0.604. The Hall–Kier alpha value is -1.77. The van der Waals surface area contributed by atoms with Crippen LogP contribution in [0.25, 0.3) is 0 Å². The highest BCUT2D eigenvalue weighted by Gasteiger charge is 2.09. The number of carbonyl (C=O) groups excluding carboxylic acids is 1. The van der Waals surface area contributed by atoms with Gasteiger partial charge in [-0.2, -0.15) is 0 Å². The molecule has 0 aromatic heterocycles. The summed E-state index contributed by atoms with van der Waals surface area (Å²) in [4.78, 5) is 11.8. The van der Waals surface area contributed by atoms with E-state index in [0.717, 1.165) is 5.56 Å². The summed E-state index contributed by atoms with van der Waals surface area (Å²) >= 11 is 0. The second-order valence-electron chi connectivity index (χ2n) is 4.03. The number of hydrogen-bond acceptors (Lipinski definition) is 2. The van der Waals surface area contributed by atoms with Gasteiger partial charge < -0.3 is 11.1 Å². The molecule has 0 radical (unpaired) electrons. The summed E-state index contributed by atoms with van der Waals surface area (Å²) in [5.41, 5.74) is 9.04. The fourth-order valence-electron chi connectivity index (χ4n) is 1.32. The Morgan fingerprint density at radius 2 is 2.12 bits per heavy atom. The van der Waals surface area contributed by atoms with Crippen molar-refractivity contribution in [3.8, 4) is 0 Å². The van der Waals surface area contributed by atoms with Gasteiger partial charge in [-0.1, -0.05) is 23.8 Å². The van der Waals surface area contributed by atoms with E-state index in [2.05, 4.69) is 5.32 Å². The average Bonchev–Trinajstić information content (AvgIpc) is 2.21. The summed E-state index contributed by atoms with van der Waals surface area (Å²) in [5.74, 6) is -0.126. The minimum absolute atomic E-state index is 0.126. The van der Waals surface area contributed by atoms with E-state index in [9.17, 15) is 4.79 Å². The second-order valence-corrected chi connectivity index (χ2v) is 4.03. The smallest absolute Gasteiger partial charge is 0.253 e. The lowest BCUT2D eigenvalue weighted by molar-refractivity contribution is 0.0959. The van der Waals surface area contributed by atoms with E-state index in [1.54, 1.807) is 6.07 Å². The third-order valence-corrected chi connectivity index (χ3v) is 2.34. The first kappa shape index (κ1) is 12.3. The molecular formula is C13H18N2O.